The first-order chi connectivity index (χ1) is 18.1. The van der Waals surface area contributed by atoms with Crippen LogP contribution >= 0.6 is 23.2 Å². The number of carbonyl (C=O) groups is 3. The number of aliphatic carboxylic acids is 1. The van der Waals surface area contributed by atoms with Gasteiger partial charge in [0.1, 0.15) is 22.9 Å². The van der Waals surface area contributed by atoms with Crippen LogP contribution in [-0.4, -0.2) is 47.7 Å². The average molecular weight is 566 g/mol. The molecule has 9 nitrogen and oxygen atoms in total. The van der Waals surface area contributed by atoms with Gasteiger partial charge in [0, 0.05) is 47.8 Å². The Balaban J connectivity index is 1.26. The van der Waals surface area contributed by atoms with Crippen LogP contribution in [-0.2, 0) is 14.4 Å². The fourth-order valence-corrected chi connectivity index (χ4v) is 4.35. The van der Waals surface area contributed by atoms with E-state index in [-0.39, 0.29) is 36.8 Å². The summed E-state index contributed by atoms with van der Waals surface area (Å²) < 4.78 is 24.6. The number of amides is 2. The number of hydrogen-bond acceptors (Lipinski definition) is 6. The number of carboxylic acids is 1. The van der Waals surface area contributed by atoms with Crippen LogP contribution in [0.3, 0.4) is 0 Å². The van der Waals surface area contributed by atoms with Crippen molar-refractivity contribution in [1.82, 2.24) is 16.0 Å². The Bertz CT molecular complexity index is 1270. The van der Waals surface area contributed by atoms with Crippen molar-refractivity contribution in [2.75, 3.05) is 13.2 Å². The molecule has 0 saturated heterocycles. The molecule has 1 fully saturated rings. The smallest absolute Gasteiger partial charge is 0.323 e. The lowest BCUT2D eigenvalue weighted by Crippen LogP contribution is -2.48. The van der Waals surface area contributed by atoms with E-state index in [1.165, 1.54) is 12.1 Å². The van der Waals surface area contributed by atoms with Crippen LogP contribution in [0.4, 0.5) is 4.39 Å². The molecule has 1 aliphatic heterocycles. The third-order valence-corrected chi connectivity index (χ3v) is 6.82. The highest BCUT2D eigenvalue weighted by atomic mass is 35.5. The molecule has 2 aromatic rings. The lowest BCUT2D eigenvalue weighted by Gasteiger charge is -2.34. The number of carbonyl (C=O) groups excluding carboxylic acids is 2. The fourth-order valence-electron chi connectivity index (χ4n) is 4.05. The zero-order valence-electron chi connectivity index (χ0n) is 20.2. The summed E-state index contributed by atoms with van der Waals surface area (Å²) >= 11 is 11.8. The summed E-state index contributed by atoms with van der Waals surface area (Å²) in [5, 5.41) is 18.5. The van der Waals surface area contributed by atoms with Gasteiger partial charge in [0.2, 0.25) is 0 Å². The van der Waals surface area contributed by atoms with Gasteiger partial charge in [0.05, 0.1) is 5.02 Å². The molecular formula is C26H26Cl2FN3O6. The number of benzene rings is 2. The van der Waals surface area contributed by atoms with Crippen LogP contribution in [0.15, 0.2) is 48.7 Å². The summed E-state index contributed by atoms with van der Waals surface area (Å²) in [7, 11) is 0. The average Bonchev–Trinajstić information content (AvgIpc) is 3.66. The Morgan fingerprint density at radius 1 is 1.18 bits per heavy atom. The first kappa shape index (κ1) is 27.7. The molecule has 38 heavy (non-hydrogen) atoms. The highest BCUT2D eigenvalue weighted by molar-refractivity contribution is 6.31. The summed E-state index contributed by atoms with van der Waals surface area (Å²) in [6.07, 6.45) is 0.536. The number of fused-ring (bicyclic) bond motifs is 1. The highest BCUT2D eigenvalue weighted by Crippen LogP contribution is 2.43. The SMILES string of the molecule is C=C(CCNC(=O)COc1ccc(Cl)c(F)c1)NC(=O)C1CC(NC2(C(=O)O)CC2)c2cc(Cl)ccc2O1. The fraction of sp³-hybridized carbons (Fsp3) is 0.346. The number of carboxylic acid groups (broad SMARTS) is 1. The molecule has 2 atom stereocenters. The second-order valence-corrected chi connectivity index (χ2v) is 10.0. The first-order valence-electron chi connectivity index (χ1n) is 11.9. The molecule has 4 rings (SSSR count). The molecule has 0 bridgehead atoms. The lowest BCUT2D eigenvalue weighted by molar-refractivity contribution is -0.141. The predicted octanol–water partition coefficient (Wildman–Crippen LogP) is 3.75. The summed E-state index contributed by atoms with van der Waals surface area (Å²) in [5.41, 5.74) is 0.0324. The molecule has 2 unspecified atom stereocenters. The van der Waals surface area contributed by atoms with Crippen molar-refractivity contribution < 1.29 is 33.4 Å². The Morgan fingerprint density at radius 3 is 2.63 bits per heavy atom. The topological polar surface area (TPSA) is 126 Å². The Kier molecular flexibility index (Phi) is 8.44. The quantitative estimate of drug-likeness (QED) is 0.327. The van der Waals surface area contributed by atoms with Gasteiger partial charge in [-0.25, -0.2) is 4.39 Å². The molecule has 2 aliphatic rings. The van der Waals surface area contributed by atoms with Crippen molar-refractivity contribution in [3.8, 4) is 11.5 Å². The van der Waals surface area contributed by atoms with E-state index in [4.69, 9.17) is 32.7 Å². The molecule has 1 heterocycles. The van der Waals surface area contributed by atoms with E-state index in [9.17, 15) is 23.9 Å². The number of ether oxygens (including phenoxy) is 2. The second-order valence-electron chi connectivity index (χ2n) is 9.17. The van der Waals surface area contributed by atoms with E-state index in [2.05, 4.69) is 22.5 Å². The molecule has 1 saturated carbocycles. The predicted molar refractivity (Wildman–Crippen MR) is 138 cm³/mol. The van der Waals surface area contributed by atoms with Crippen LogP contribution in [0.1, 0.15) is 37.3 Å². The van der Waals surface area contributed by atoms with Gasteiger partial charge in [0.15, 0.2) is 12.7 Å². The molecule has 0 spiro atoms. The Labute approximate surface area is 228 Å². The van der Waals surface area contributed by atoms with E-state index in [1.54, 1.807) is 18.2 Å². The van der Waals surface area contributed by atoms with Crippen LogP contribution in [0, 0.1) is 5.82 Å². The second kappa shape index (κ2) is 11.6. The van der Waals surface area contributed by atoms with Crippen LogP contribution in [0.2, 0.25) is 10.0 Å². The van der Waals surface area contributed by atoms with E-state index in [0.717, 1.165) is 6.07 Å². The van der Waals surface area contributed by atoms with Crippen LogP contribution < -0.4 is 25.4 Å². The third kappa shape index (κ3) is 6.75. The summed E-state index contributed by atoms with van der Waals surface area (Å²) in [6, 6.07) is 8.40. The van der Waals surface area contributed by atoms with Gasteiger partial charge < -0.3 is 25.2 Å². The van der Waals surface area contributed by atoms with E-state index >= 15 is 0 Å². The maximum Gasteiger partial charge on any atom is 0.323 e. The van der Waals surface area contributed by atoms with Gasteiger partial charge in [-0.15, -0.1) is 0 Å². The normalized spacial score (nSPS) is 18.9. The van der Waals surface area contributed by atoms with Gasteiger partial charge >= 0.3 is 5.97 Å². The minimum atomic E-state index is -1.02. The summed E-state index contributed by atoms with van der Waals surface area (Å²) in [5.74, 6) is -1.86. The zero-order valence-corrected chi connectivity index (χ0v) is 21.7. The molecule has 0 aromatic heterocycles. The van der Waals surface area contributed by atoms with Gasteiger partial charge in [-0.2, -0.15) is 0 Å². The van der Waals surface area contributed by atoms with Crippen molar-refractivity contribution in [3.05, 3.63) is 70.1 Å². The number of halogens is 3. The molecule has 2 aromatic carbocycles. The minimum absolute atomic E-state index is 0.0477. The Hall–Kier alpha value is -3.34. The van der Waals surface area contributed by atoms with Crippen molar-refractivity contribution in [1.29, 1.82) is 0 Å². The van der Waals surface area contributed by atoms with E-state index in [0.29, 0.717) is 34.9 Å². The largest absolute Gasteiger partial charge is 0.484 e. The maximum absolute atomic E-state index is 13.5. The molecule has 202 valence electrons. The molecular weight excluding hydrogens is 540 g/mol. The van der Waals surface area contributed by atoms with Crippen molar-refractivity contribution in [2.45, 2.75) is 43.4 Å². The number of hydrogen-bond donors (Lipinski definition) is 4. The molecule has 0 radical (unpaired) electrons. The highest BCUT2D eigenvalue weighted by Gasteiger charge is 2.52. The van der Waals surface area contributed by atoms with Crippen LogP contribution in [0.25, 0.3) is 0 Å². The van der Waals surface area contributed by atoms with Crippen molar-refractivity contribution in [2.24, 2.45) is 0 Å². The van der Waals surface area contributed by atoms with Crippen molar-refractivity contribution >= 4 is 41.0 Å². The monoisotopic (exact) mass is 565 g/mol. The van der Waals surface area contributed by atoms with Crippen molar-refractivity contribution in [3.63, 3.8) is 0 Å². The maximum atomic E-state index is 13.5. The van der Waals surface area contributed by atoms with Gasteiger partial charge in [-0.3, -0.25) is 19.7 Å². The molecule has 4 N–H and O–H groups in total. The molecule has 12 heteroatoms. The van der Waals surface area contributed by atoms with Crippen LogP contribution in [0.5, 0.6) is 11.5 Å². The zero-order chi connectivity index (χ0) is 27.4. The first-order valence-corrected chi connectivity index (χ1v) is 12.6. The summed E-state index contributed by atoms with van der Waals surface area (Å²) in [4.78, 5) is 36.7. The van der Waals surface area contributed by atoms with Gasteiger partial charge in [-0.1, -0.05) is 29.8 Å². The Morgan fingerprint density at radius 2 is 1.95 bits per heavy atom. The third-order valence-electron chi connectivity index (χ3n) is 6.28. The van der Waals surface area contributed by atoms with Gasteiger partial charge in [-0.05, 0) is 43.2 Å². The van der Waals surface area contributed by atoms with Gasteiger partial charge in [0.25, 0.3) is 11.8 Å². The number of rotatable bonds is 11. The molecule has 1 aliphatic carbocycles. The standard InChI is InChI=1S/C26H26Cl2FN3O6/c1-14(6-9-30-23(33)13-37-16-3-4-18(28)19(29)11-16)31-24(34)22-12-20(32-26(7-8-26)25(35)36)17-10-15(27)2-5-21(17)38-22/h2-5,10-11,20,22,32H,1,6-9,12-13H2,(H,30,33)(H,31,34)(H,35,36). The van der Waals surface area contributed by atoms with E-state index < -0.39 is 41.3 Å². The molecule has 2 amide bonds. The lowest BCUT2D eigenvalue weighted by atomic mass is 9.94. The van der Waals surface area contributed by atoms with E-state index in [1.807, 2.05) is 0 Å². The summed E-state index contributed by atoms with van der Waals surface area (Å²) in [6.45, 7) is 3.68. The number of nitrogens with one attached hydrogen (secondary N) is 3. The minimum Gasteiger partial charge on any atom is -0.484 e.